The summed E-state index contributed by atoms with van der Waals surface area (Å²) in [5, 5.41) is 0. The Bertz CT molecular complexity index is 499. The predicted octanol–water partition coefficient (Wildman–Crippen LogP) is 0.863. The zero-order chi connectivity index (χ0) is 10.8. The predicted molar refractivity (Wildman–Crippen MR) is 58.0 cm³/mol. The van der Waals surface area contributed by atoms with Crippen molar-refractivity contribution < 1.29 is 4.98 Å². The van der Waals surface area contributed by atoms with Crippen LogP contribution < -0.4 is 10.7 Å². The number of aryl methyl sites for hydroxylation is 1. The van der Waals surface area contributed by atoms with E-state index in [4.69, 9.17) is 5.73 Å². The maximum atomic E-state index is 5.78. The lowest BCUT2D eigenvalue weighted by Gasteiger charge is -1.97. The Morgan fingerprint density at radius 1 is 1.60 bits per heavy atom. The van der Waals surface area contributed by atoms with E-state index in [2.05, 4.69) is 26.5 Å². The quantitative estimate of drug-likeness (QED) is 0.727. The Labute approximate surface area is 87.5 Å². The van der Waals surface area contributed by atoms with Gasteiger partial charge in [-0.15, -0.1) is 6.58 Å². The highest BCUT2D eigenvalue weighted by molar-refractivity contribution is 5.78. The summed E-state index contributed by atoms with van der Waals surface area (Å²) in [6.07, 6.45) is 3.35. The lowest BCUT2D eigenvalue weighted by atomic mass is 10.2. The molecule has 0 aliphatic rings. The number of H-pyrrole nitrogens is 2. The Hall–Kier alpha value is -1.91. The first-order valence-electron chi connectivity index (χ1n) is 4.82. The molecule has 0 amide bonds. The minimum Gasteiger partial charge on any atom is -0.380 e. The molecule has 5 nitrogen and oxygen atoms in total. The van der Waals surface area contributed by atoms with Crippen LogP contribution in [0.1, 0.15) is 19.2 Å². The van der Waals surface area contributed by atoms with Crippen molar-refractivity contribution in [2.45, 2.75) is 19.8 Å². The fourth-order valence-electron chi connectivity index (χ4n) is 1.39. The molecule has 2 heterocycles. The van der Waals surface area contributed by atoms with Crippen molar-refractivity contribution in [3.63, 3.8) is 0 Å². The van der Waals surface area contributed by atoms with Crippen LogP contribution in [0.3, 0.4) is 0 Å². The Kier molecular flexibility index (Phi) is 2.37. The van der Waals surface area contributed by atoms with Crippen molar-refractivity contribution in [3.8, 4) is 0 Å². The van der Waals surface area contributed by atoms with Gasteiger partial charge < -0.3 is 5.73 Å². The average Bonchev–Trinajstić information content (AvgIpc) is 2.63. The molecule has 15 heavy (non-hydrogen) atoms. The van der Waals surface area contributed by atoms with Gasteiger partial charge in [0.15, 0.2) is 12.1 Å². The van der Waals surface area contributed by atoms with Crippen molar-refractivity contribution >= 4 is 17.0 Å². The molecule has 2 rings (SSSR count). The number of hydrogen-bond donors (Lipinski definition) is 2. The molecule has 0 unspecified atom stereocenters. The zero-order valence-electron chi connectivity index (χ0n) is 8.67. The third kappa shape index (κ3) is 1.96. The van der Waals surface area contributed by atoms with Crippen molar-refractivity contribution in [2.75, 3.05) is 5.73 Å². The smallest absolute Gasteiger partial charge is 0.305 e. The molecule has 0 atom stereocenters. The summed E-state index contributed by atoms with van der Waals surface area (Å²) in [7, 11) is 0. The number of imidazole rings is 1. The topological polar surface area (TPSA) is 81.7 Å². The van der Waals surface area contributed by atoms with Gasteiger partial charge in [0.05, 0.1) is 0 Å². The summed E-state index contributed by atoms with van der Waals surface area (Å²) < 4.78 is 0. The number of hydrogen-bond acceptors (Lipinski definition) is 3. The molecule has 0 spiro atoms. The summed E-state index contributed by atoms with van der Waals surface area (Å²) in [4.78, 5) is 14.5. The molecule has 4 N–H and O–H groups in total. The van der Waals surface area contributed by atoms with Gasteiger partial charge in [-0.25, -0.2) is 4.98 Å². The molecule has 2 aromatic heterocycles. The summed E-state index contributed by atoms with van der Waals surface area (Å²) >= 11 is 0. The van der Waals surface area contributed by atoms with E-state index in [-0.39, 0.29) is 0 Å². The van der Waals surface area contributed by atoms with Gasteiger partial charge in [0.2, 0.25) is 11.3 Å². The minimum atomic E-state index is 0.484. The van der Waals surface area contributed by atoms with Crippen LogP contribution in [0, 0.1) is 0 Å². The Morgan fingerprint density at radius 3 is 3.13 bits per heavy atom. The van der Waals surface area contributed by atoms with E-state index in [1.165, 1.54) is 0 Å². The number of anilines is 1. The van der Waals surface area contributed by atoms with Crippen molar-refractivity contribution in [1.82, 2.24) is 15.0 Å². The maximum Gasteiger partial charge on any atom is 0.305 e. The van der Waals surface area contributed by atoms with E-state index in [0.29, 0.717) is 5.82 Å². The first-order valence-corrected chi connectivity index (χ1v) is 4.82. The number of nitrogens with zero attached hydrogens (tertiary/aromatic N) is 2. The molecule has 0 aromatic carbocycles. The number of aromatic amines is 2. The second-order valence-corrected chi connectivity index (χ2v) is 3.64. The summed E-state index contributed by atoms with van der Waals surface area (Å²) in [5.74, 6) is 1.23. The SMILES string of the molecule is C=C(C)CCc1nc(N)c2[nH]c[nH+]c2n1. The van der Waals surface area contributed by atoms with E-state index >= 15 is 0 Å². The molecule has 78 valence electrons. The van der Waals surface area contributed by atoms with Gasteiger partial charge in [-0.3, -0.25) is 4.98 Å². The van der Waals surface area contributed by atoms with E-state index in [0.717, 1.165) is 35.4 Å². The lowest BCUT2D eigenvalue weighted by molar-refractivity contribution is -0.347. The molecule has 0 bridgehead atoms. The highest BCUT2D eigenvalue weighted by Gasteiger charge is 2.12. The van der Waals surface area contributed by atoms with Crippen LogP contribution in [0.2, 0.25) is 0 Å². The number of nitrogen functional groups attached to an aromatic ring is 1. The fourth-order valence-corrected chi connectivity index (χ4v) is 1.39. The number of nitrogens with two attached hydrogens (primary N) is 1. The van der Waals surface area contributed by atoms with E-state index in [9.17, 15) is 0 Å². The average molecular weight is 204 g/mol. The Morgan fingerprint density at radius 2 is 2.40 bits per heavy atom. The van der Waals surface area contributed by atoms with Crippen LogP contribution in [0.5, 0.6) is 0 Å². The molecule has 0 saturated heterocycles. The van der Waals surface area contributed by atoms with Crippen LogP contribution in [0.25, 0.3) is 11.2 Å². The number of allylic oxidation sites excluding steroid dienone is 1. The minimum absolute atomic E-state index is 0.484. The van der Waals surface area contributed by atoms with Crippen LogP contribution in [-0.4, -0.2) is 15.0 Å². The molecule has 0 aliphatic heterocycles. The van der Waals surface area contributed by atoms with Gasteiger partial charge in [-0.05, 0) is 13.3 Å². The normalized spacial score (nSPS) is 10.7. The highest BCUT2D eigenvalue weighted by atomic mass is 15.0. The number of rotatable bonds is 3. The van der Waals surface area contributed by atoms with Gasteiger partial charge in [0, 0.05) is 6.42 Å². The fraction of sp³-hybridized carbons (Fsp3) is 0.300. The van der Waals surface area contributed by atoms with Gasteiger partial charge in [0.1, 0.15) is 0 Å². The summed E-state index contributed by atoms with van der Waals surface area (Å²) in [6, 6.07) is 0. The molecule has 0 fully saturated rings. The first kappa shape index (κ1) is 9.64. The number of aromatic nitrogens is 4. The lowest BCUT2D eigenvalue weighted by Crippen LogP contribution is -2.05. The molecular formula is C10H14N5+. The van der Waals surface area contributed by atoms with Crippen molar-refractivity contribution in [1.29, 1.82) is 0 Å². The van der Waals surface area contributed by atoms with Crippen LogP contribution in [0.15, 0.2) is 18.5 Å². The van der Waals surface area contributed by atoms with Crippen molar-refractivity contribution in [2.24, 2.45) is 0 Å². The van der Waals surface area contributed by atoms with Gasteiger partial charge in [0.25, 0.3) is 0 Å². The van der Waals surface area contributed by atoms with E-state index in [1.54, 1.807) is 6.33 Å². The van der Waals surface area contributed by atoms with Crippen LogP contribution in [0.4, 0.5) is 5.82 Å². The number of nitrogens with one attached hydrogen (secondary N) is 2. The summed E-state index contributed by atoms with van der Waals surface area (Å²) in [5.41, 5.74) is 8.41. The standard InChI is InChI=1S/C10H13N5/c1-6(2)3-4-7-14-9(11)8-10(15-7)13-5-12-8/h5H,1,3-4H2,2H3,(H3,11,12,13,14,15)/p+1. The maximum absolute atomic E-state index is 5.78. The molecule has 0 saturated carbocycles. The highest BCUT2D eigenvalue weighted by Crippen LogP contribution is 2.12. The third-order valence-corrected chi connectivity index (χ3v) is 2.18. The Balaban J connectivity index is 2.32. The first-order chi connectivity index (χ1) is 7.16. The van der Waals surface area contributed by atoms with Gasteiger partial charge in [-0.1, -0.05) is 10.6 Å². The molecular weight excluding hydrogens is 190 g/mol. The van der Waals surface area contributed by atoms with E-state index in [1.807, 2.05) is 6.92 Å². The molecule has 0 aliphatic carbocycles. The van der Waals surface area contributed by atoms with Gasteiger partial charge in [-0.2, -0.15) is 4.98 Å². The van der Waals surface area contributed by atoms with Crippen LogP contribution >= 0.6 is 0 Å². The number of fused-ring (bicyclic) bond motifs is 1. The second-order valence-electron chi connectivity index (χ2n) is 3.64. The van der Waals surface area contributed by atoms with Crippen LogP contribution in [-0.2, 0) is 6.42 Å². The van der Waals surface area contributed by atoms with Crippen molar-refractivity contribution in [3.05, 3.63) is 24.3 Å². The molecule has 5 heteroatoms. The molecule has 0 radical (unpaired) electrons. The third-order valence-electron chi connectivity index (χ3n) is 2.18. The second kappa shape index (κ2) is 3.68. The monoisotopic (exact) mass is 204 g/mol. The van der Waals surface area contributed by atoms with E-state index < -0.39 is 0 Å². The zero-order valence-corrected chi connectivity index (χ0v) is 8.67. The largest absolute Gasteiger partial charge is 0.380 e. The molecule has 2 aromatic rings. The van der Waals surface area contributed by atoms with Gasteiger partial charge >= 0.3 is 5.65 Å². The summed E-state index contributed by atoms with van der Waals surface area (Å²) in [6.45, 7) is 5.83.